The lowest BCUT2D eigenvalue weighted by atomic mass is 9.91. The molecule has 1 saturated carbocycles. The molecule has 0 aromatic carbocycles. The Balaban J connectivity index is 1.39. The van der Waals surface area contributed by atoms with Gasteiger partial charge < -0.3 is 19.7 Å². The summed E-state index contributed by atoms with van der Waals surface area (Å²) in [4.78, 5) is 35.9. The highest BCUT2D eigenvalue weighted by Crippen LogP contribution is 2.38. The molecule has 1 aromatic rings. The van der Waals surface area contributed by atoms with Crippen molar-refractivity contribution in [3.05, 3.63) is 17.2 Å². The van der Waals surface area contributed by atoms with Crippen LogP contribution in [-0.4, -0.2) is 69.4 Å². The zero-order valence-electron chi connectivity index (χ0n) is 22.8. The number of aromatic nitrogens is 2. The van der Waals surface area contributed by atoms with Gasteiger partial charge in [-0.2, -0.15) is 0 Å². The second-order valence-electron chi connectivity index (χ2n) is 12.1. The SMILES string of the molecule is Cc1nc(CC2CCN(C(=O)C(CC(C)C)N3CCN[C@@H](CC(C)C)C3=O)CC2)n(C2CC2)c1C. The van der Waals surface area contributed by atoms with Gasteiger partial charge in [0.1, 0.15) is 11.9 Å². The van der Waals surface area contributed by atoms with Gasteiger partial charge in [-0.05, 0) is 70.1 Å². The summed E-state index contributed by atoms with van der Waals surface area (Å²) in [6, 6.07) is 0.148. The van der Waals surface area contributed by atoms with Gasteiger partial charge in [0, 0.05) is 44.3 Å². The Labute approximate surface area is 212 Å². The lowest BCUT2D eigenvalue weighted by Gasteiger charge is -2.42. The Morgan fingerprint density at radius 3 is 2.31 bits per heavy atom. The topological polar surface area (TPSA) is 70.5 Å². The summed E-state index contributed by atoms with van der Waals surface area (Å²) in [5.74, 6) is 2.88. The number of hydrogen-bond acceptors (Lipinski definition) is 4. The number of imidazole rings is 1. The molecule has 196 valence electrons. The average Bonchev–Trinajstić information content (AvgIpc) is 3.59. The van der Waals surface area contributed by atoms with Crippen molar-refractivity contribution in [2.24, 2.45) is 17.8 Å². The molecule has 0 radical (unpaired) electrons. The molecule has 7 heteroatoms. The zero-order valence-corrected chi connectivity index (χ0v) is 22.8. The zero-order chi connectivity index (χ0) is 25.3. The van der Waals surface area contributed by atoms with Crippen LogP contribution in [-0.2, 0) is 16.0 Å². The number of carbonyl (C=O) groups is 2. The van der Waals surface area contributed by atoms with Crippen LogP contribution in [0.15, 0.2) is 0 Å². The quantitative estimate of drug-likeness (QED) is 0.576. The minimum atomic E-state index is -0.338. The van der Waals surface area contributed by atoms with Crippen LogP contribution in [0.4, 0.5) is 0 Å². The third-order valence-electron chi connectivity index (χ3n) is 8.16. The summed E-state index contributed by atoms with van der Waals surface area (Å²) in [6.07, 6.45) is 7.14. The molecule has 0 spiro atoms. The van der Waals surface area contributed by atoms with Gasteiger partial charge in [0.15, 0.2) is 0 Å². The molecule has 2 amide bonds. The second-order valence-corrected chi connectivity index (χ2v) is 12.1. The van der Waals surface area contributed by atoms with E-state index in [2.05, 4.69) is 51.4 Å². The number of nitrogens with zero attached hydrogens (tertiary/aromatic N) is 4. The Bertz CT molecular complexity index is 895. The third-order valence-corrected chi connectivity index (χ3v) is 8.16. The molecular formula is C28H47N5O2. The van der Waals surface area contributed by atoms with Crippen LogP contribution >= 0.6 is 0 Å². The fourth-order valence-electron chi connectivity index (χ4n) is 6.01. The fourth-order valence-corrected chi connectivity index (χ4v) is 6.01. The first kappa shape index (κ1) is 26.2. The van der Waals surface area contributed by atoms with Crippen molar-refractivity contribution >= 4 is 11.8 Å². The Morgan fingerprint density at radius 1 is 1.03 bits per heavy atom. The van der Waals surface area contributed by atoms with Gasteiger partial charge in [-0.25, -0.2) is 4.98 Å². The average molecular weight is 486 g/mol. The molecule has 3 fully saturated rings. The van der Waals surface area contributed by atoms with Crippen LogP contribution in [0, 0.1) is 31.6 Å². The Kier molecular flexibility index (Phi) is 8.24. The van der Waals surface area contributed by atoms with Crippen molar-refractivity contribution < 1.29 is 9.59 Å². The van der Waals surface area contributed by atoms with Gasteiger partial charge in [-0.1, -0.05) is 27.7 Å². The first-order valence-electron chi connectivity index (χ1n) is 14.0. The smallest absolute Gasteiger partial charge is 0.245 e. The lowest BCUT2D eigenvalue weighted by Crippen LogP contribution is -2.62. The molecule has 1 unspecified atom stereocenters. The minimum Gasteiger partial charge on any atom is -0.341 e. The molecule has 1 N–H and O–H groups in total. The van der Waals surface area contributed by atoms with E-state index < -0.39 is 0 Å². The maximum Gasteiger partial charge on any atom is 0.245 e. The van der Waals surface area contributed by atoms with Gasteiger partial charge in [0.25, 0.3) is 0 Å². The van der Waals surface area contributed by atoms with E-state index in [1.54, 1.807) is 0 Å². The molecule has 3 aliphatic rings. The number of rotatable bonds is 9. The Morgan fingerprint density at radius 2 is 1.71 bits per heavy atom. The summed E-state index contributed by atoms with van der Waals surface area (Å²) in [6.45, 7) is 15.9. The van der Waals surface area contributed by atoms with E-state index in [4.69, 9.17) is 4.98 Å². The summed E-state index contributed by atoms with van der Waals surface area (Å²) in [7, 11) is 0. The van der Waals surface area contributed by atoms with Crippen LogP contribution in [0.5, 0.6) is 0 Å². The summed E-state index contributed by atoms with van der Waals surface area (Å²) >= 11 is 0. The molecule has 0 bridgehead atoms. The number of carbonyl (C=O) groups excluding carboxylic acids is 2. The number of amides is 2. The van der Waals surface area contributed by atoms with E-state index in [0.717, 1.165) is 57.4 Å². The molecule has 2 atom stereocenters. The minimum absolute atomic E-state index is 0.108. The molecular weight excluding hydrogens is 438 g/mol. The maximum atomic E-state index is 13.8. The first-order chi connectivity index (χ1) is 16.7. The van der Waals surface area contributed by atoms with Gasteiger partial charge >= 0.3 is 0 Å². The van der Waals surface area contributed by atoms with Crippen molar-refractivity contribution in [2.45, 2.75) is 105 Å². The number of hydrogen-bond donors (Lipinski definition) is 1. The van der Waals surface area contributed by atoms with E-state index in [9.17, 15) is 9.59 Å². The van der Waals surface area contributed by atoms with Crippen molar-refractivity contribution in [1.29, 1.82) is 0 Å². The molecule has 35 heavy (non-hydrogen) atoms. The first-order valence-corrected chi connectivity index (χ1v) is 14.0. The predicted molar refractivity (Wildman–Crippen MR) is 139 cm³/mol. The molecule has 2 aliphatic heterocycles. The molecule has 3 heterocycles. The van der Waals surface area contributed by atoms with Crippen molar-refractivity contribution in [2.75, 3.05) is 26.2 Å². The monoisotopic (exact) mass is 485 g/mol. The van der Waals surface area contributed by atoms with Crippen molar-refractivity contribution in [3.8, 4) is 0 Å². The van der Waals surface area contributed by atoms with Gasteiger partial charge in [-0.3, -0.25) is 9.59 Å². The van der Waals surface area contributed by atoms with E-state index in [-0.39, 0.29) is 23.9 Å². The summed E-state index contributed by atoms with van der Waals surface area (Å²) in [5, 5.41) is 3.38. The summed E-state index contributed by atoms with van der Waals surface area (Å²) in [5.41, 5.74) is 2.48. The van der Waals surface area contributed by atoms with E-state index in [1.165, 1.54) is 24.4 Å². The van der Waals surface area contributed by atoms with Crippen molar-refractivity contribution in [3.63, 3.8) is 0 Å². The third kappa shape index (κ3) is 6.10. The van der Waals surface area contributed by atoms with Crippen LogP contribution in [0.1, 0.15) is 89.5 Å². The van der Waals surface area contributed by atoms with Crippen LogP contribution < -0.4 is 5.32 Å². The second kappa shape index (κ2) is 11.0. The number of aryl methyl sites for hydroxylation is 1. The highest BCUT2D eigenvalue weighted by atomic mass is 16.2. The van der Waals surface area contributed by atoms with Gasteiger partial charge in [0.2, 0.25) is 11.8 Å². The van der Waals surface area contributed by atoms with E-state index in [1.807, 2.05) is 9.80 Å². The predicted octanol–water partition coefficient (Wildman–Crippen LogP) is 3.88. The standard InChI is InChI=1S/C28H47N5O2/c1-18(2)15-24-27(34)32(14-11-29-24)25(16-19(3)4)28(35)31-12-9-22(10-13-31)17-26-30-20(5)21(6)33(26)23-7-8-23/h18-19,22-25,29H,7-17H2,1-6H3/t24-,25?/m0/s1. The lowest BCUT2D eigenvalue weighted by molar-refractivity contribution is -0.150. The Hall–Kier alpha value is -1.89. The molecule has 7 nitrogen and oxygen atoms in total. The fraction of sp³-hybridized carbons (Fsp3) is 0.821. The molecule has 1 aromatic heterocycles. The van der Waals surface area contributed by atoms with E-state index in [0.29, 0.717) is 30.3 Å². The van der Waals surface area contributed by atoms with Crippen LogP contribution in [0.2, 0.25) is 0 Å². The molecule has 1 aliphatic carbocycles. The number of nitrogens with one attached hydrogen (secondary N) is 1. The molecule has 4 rings (SSSR count). The van der Waals surface area contributed by atoms with Crippen LogP contribution in [0.3, 0.4) is 0 Å². The highest BCUT2D eigenvalue weighted by molar-refractivity contribution is 5.90. The largest absolute Gasteiger partial charge is 0.341 e. The normalized spacial score (nSPS) is 23.0. The number of likely N-dealkylation sites (tertiary alicyclic amines) is 1. The highest BCUT2D eigenvalue weighted by Gasteiger charge is 2.39. The van der Waals surface area contributed by atoms with Gasteiger partial charge in [0.05, 0.1) is 11.7 Å². The maximum absolute atomic E-state index is 13.8. The van der Waals surface area contributed by atoms with E-state index >= 15 is 0 Å². The van der Waals surface area contributed by atoms with Crippen LogP contribution in [0.25, 0.3) is 0 Å². The summed E-state index contributed by atoms with van der Waals surface area (Å²) < 4.78 is 2.48. The molecule has 2 saturated heterocycles. The van der Waals surface area contributed by atoms with Crippen molar-refractivity contribution in [1.82, 2.24) is 24.7 Å². The van der Waals surface area contributed by atoms with Gasteiger partial charge in [-0.15, -0.1) is 0 Å². The number of piperidine rings is 1. The number of piperazine rings is 1.